The monoisotopic (exact) mass is 329 g/mol. The van der Waals surface area contributed by atoms with Gasteiger partial charge in [0.1, 0.15) is 11.5 Å². The van der Waals surface area contributed by atoms with Crippen LogP contribution in [0.15, 0.2) is 69.9 Å². The minimum absolute atomic E-state index is 0.0428. The molecule has 3 rings (SSSR count). The Kier molecular flexibility index (Phi) is 4.96. The average molecular weight is 329 g/mol. The maximum atomic E-state index is 13.4. The van der Waals surface area contributed by atoms with Gasteiger partial charge in [-0.2, -0.15) is 0 Å². The van der Waals surface area contributed by atoms with E-state index in [0.717, 1.165) is 0 Å². The highest BCUT2D eigenvalue weighted by Gasteiger charge is 2.20. The zero-order valence-electron chi connectivity index (χ0n) is 12.8. The Hall–Kier alpha value is -3.02. The molecule has 6 heteroatoms. The van der Waals surface area contributed by atoms with Crippen LogP contribution in [0.1, 0.15) is 17.4 Å². The van der Waals surface area contributed by atoms with Crippen molar-refractivity contribution in [3.05, 3.63) is 78.4 Å². The van der Waals surface area contributed by atoms with Gasteiger partial charge in [0.05, 0.1) is 18.4 Å². The molecule has 0 fully saturated rings. The predicted molar refractivity (Wildman–Crippen MR) is 84.2 cm³/mol. The summed E-state index contributed by atoms with van der Waals surface area (Å²) in [5, 5.41) is 2.74. The summed E-state index contributed by atoms with van der Waals surface area (Å²) in [5.74, 6) is 0.296. The smallest absolute Gasteiger partial charge is 0.257 e. The molecule has 0 saturated heterocycles. The van der Waals surface area contributed by atoms with Crippen molar-refractivity contribution in [1.82, 2.24) is 5.32 Å². The maximum Gasteiger partial charge on any atom is 0.257 e. The summed E-state index contributed by atoms with van der Waals surface area (Å²) >= 11 is 0. The van der Waals surface area contributed by atoms with Crippen molar-refractivity contribution < 1.29 is 22.8 Å². The Morgan fingerprint density at radius 2 is 1.71 bits per heavy atom. The third-order valence-corrected chi connectivity index (χ3v) is 3.47. The zero-order chi connectivity index (χ0) is 16.8. The molecule has 0 aliphatic heterocycles. The van der Waals surface area contributed by atoms with Crippen molar-refractivity contribution in [2.24, 2.45) is 0 Å². The second-order valence-electron chi connectivity index (χ2n) is 5.11. The molecule has 0 aliphatic rings. The van der Waals surface area contributed by atoms with Crippen LogP contribution in [0.25, 0.3) is 0 Å². The standard InChI is InChI=1S/C18H16FNO4/c19-14-5-1-2-6-17(14)24-12-18(21)20-11-13(15-7-3-9-22-15)16-8-4-10-23-16/h1-10,13H,11-12H2,(H,20,21). The van der Waals surface area contributed by atoms with Crippen LogP contribution in [0.3, 0.4) is 0 Å². The lowest BCUT2D eigenvalue weighted by atomic mass is 10.0. The quantitative estimate of drug-likeness (QED) is 0.722. The zero-order valence-corrected chi connectivity index (χ0v) is 12.8. The first-order valence-corrected chi connectivity index (χ1v) is 7.45. The van der Waals surface area contributed by atoms with Gasteiger partial charge in [-0.3, -0.25) is 4.79 Å². The minimum Gasteiger partial charge on any atom is -0.481 e. The topological polar surface area (TPSA) is 64.6 Å². The number of furan rings is 2. The molecule has 0 spiro atoms. The van der Waals surface area contributed by atoms with Crippen molar-refractivity contribution in [3.8, 4) is 5.75 Å². The van der Waals surface area contributed by atoms with E-state index in [1.807, 2.05) is 12.1 Å². The van der Waals surface area contributed by atoms with Gasteiger partial charge >= 0.3 is 0 Å². The van der Waals surface area contributed by atoms with Crippen molar-refractivity contribution in [1.29, 1.82) is 0 Å². The number of benzene rings is 1. The number of hydrogen-bond donors (Lipinski definition) is 1. The van der Waals surface area contributed by atoms with Gasteiger partial charge < -0.3 is 18.9 Å². The van der Waals surface area contributed by atoms with E-state index in [0.29, 0.717) is 11.5 Å². The first kappa shape index (κ1) is 15.9. The largest absolute Gasteiger partial charge is 0.481 e. The lowest BCUT2D eigenvalue weighted by Crippen LogP contribution is -2.32. The number of amides is 1. The Balaban J connectivity index is 1.57. The Bertz CT molecular complexity index is 734. The Labute approximate surface area is 138 Å². The van der Waals surface area contributed by atoms with E-state index in [-0.39, 0.29) is 30.7 Å². The van der Waals surface area contributed by atoms with Crippen LogP contribution in [-0.4, -0.2) is 19.1 Å². The molecule has 0 bridgehead atoms. The summed E-state index contributed by atoms with van der Waals surface area (Å²) in [5.41, 5.74) is 0. The number of carbonyl (C=O) groups is 1. The number of nitrogens with one attached hydrogen (secondary N) is 1. The molecule has 0 radical (unpaired) electrons. The molecule has 2 aromatic heterocycles. The molecule has 1 aromatic carbocycles. The van der Waals surface area contributed by atoms with Crippen molar-refractivity contribution >= 4 is 5.91 Å². The average Bonchev–Trinajstić information content (AvgIpc) is 3.28. The molecule has 5 nitrogen and oxygen atoms in total. The van der Waals surface area contributed by atoms with Gasteiger partial charge in [0.25, 0.3) is 5.91 Å². The second-order valence-corrected chi connectivity index (χ2v) is 5.11. The third kappa shape index (κ3) is 3.84. The van der Waals surface area contributed by atoms with E-state index in [1.165, 1.54) is 12.1 Å². The van der Waals surface area contributed by atoms with E-state index < -0.39 is 5.82 Å². The van der Waals surface area contributed by atoms with Gasteiger partial charge in [-0.05, 0) is 36.4 Å². The molecule has 0 atom stereocenters. The summed E-state index contributed by atoms with van der Waals surface area (Å²) < 4.78 is 29.4. The predicted octanol–water partition coefficient (Wildman–Crippen LogP) is 3.34. The van der Waals surface area contributed by atoms with Gasteiger partial charge in [0.15, 0.2) is 18.2 Å². The Morgan fingerprint density at radius 1 is 1.04 bits per heavy atom. The molecule has 24 heavy (non-hydrogen) atoms. The summed E-state index contributed by atoms with van der Waals surface area (Å²) in [6.07, 6.45) is 3.13. The SMILES string of the molecule is O=C(COc1ccccc1F)NCC(c1ccco1)c1ccco1. The number of carbonyl (C=O) groups excluding carboxylic acids is 1. The van der Waals surface area contributed by atoms with Crippen molar-refractivity contribution in [3.63, 3.8) is 0 Å². The second kappa shape index (κ2) is 7.50. The molecule has 124 valence electrons. The van der Waals surface area contributed by atoms with Gasteiger partial charge in [0, 0.05) is 6.54 Å². The van der Waals surface area contributed by atoms with Crippen LogP contribution in [0.4, 0.5) is 4.39 Å². The van der Waals surface area contributed by atoms with E-state index >= 15 is 0 Å². The van der Waals surface area contributed by atoms with Gasteiger partial charge in [-0.25, -0.2) is 4.39 Å². The minimum atomic E-state index is -0.505. The first-order chi connectivity index (χ1) is 11.7. The highest BCUT2D eigenvalue weighted by atomic mass is 19.1. The summed E-state index contributed by atoms with van der Waals surface area (Å²) in [6, 6.07) is 13.1. The summed E-state index contributed by atoms with van der Waals surface area (Å²) in [7, 11) is 0. The molecule has 0 aliphatic carbocycles. The fourth-order valence-electron chi connectivity index (χ4n) is 2.29. The van der Waals surface area contributed by atoms with E-state index in [4.69, 9.17) is 13.6 Å². The Morgan fingerprint density at radius 3 is 2.29 bits per heavy atom. The number of halogens is 1. The normalized spacial score (nSPS) is 10.8. The number of rotatable bonds is 7. The van der Waals surface area contributed by atoms with Crippen molar-refractivity contribution in [2.45, 2.75) is 5.92 Å². The number of ether oxygens (including phenoxy) is 1. The fraction of sp³-hybridized carbons (Fsp3) is 0.167. The first-order valence-electron chi connectivity index (χ1n) is 7.45. The molecule has 2 heterocycles. The van der Waals surface area contributed by atoms with Crippen LogP contribution < -0.4 is 10.1 Å². The van der Waals surface area contributed by atoms with Crippen LogP contribution in [0, 0.1) is 5.82 Å². The van der Waals surface area contributed by atoms with E-state index in [1.54, 1.807) is 36.8 Å². The lowest BCUT2D eigenvalue weighted by Gasteiger charge is -2.14. The lowest BCUT2D eigenvalue weighted by molar-refractivity contribution is -0.123. The van der Waals surface area contributed by atoms with Crippen LogP contribution in [-0.2, 0) is 4.79 Å². The fourth-order valence-corrected chi connectivity index (χ4v) is 2.29. The van der Waals surface area contributed by atoms with Gasteiger partial charge in [-0.1, -0.05) is 12.1 Å². The van der Waals surface area contributed by atoms with Gasteiger partial charge in [-0.15, -0.1) is 0 Å². The van der Waals surface area contributed by atoms with Crippen molar-refractivity contribution in [2.75, 3.05) is 13.2 Å². The molecule has 3 aromatic rings. The molecular formula is C18H16FNO4. The summed E-state index contributed by atoms with van der Waals surface area (Å²) in [6.45, 7) is 0.00442. The molecule has 1 N–H and O–H groups in total. The van der Waals surface area contributed by atoms with Gasteiger partial charge in [0.2, 0.25) is 0 Å². The van der Waals surface area contributed by atoms with Crippen LogP contribution in [0.2, 0.25) is 0 Å². The molecular weight excluding hydrogens is 313 g/mol. The third-order valence-electron chi connectivity index (χ3n) is 3.47. The summed E-state index contributed by atoms with van der Waals surface area (Å²) in [4.78, 5) is 12.0. The highest BCUT2D eigenvalue weighted by molar-refractivity contribution is 5.77. The van der Waals surface area contributed by atoms with Crippen LogP contribution >= 0.6 is 0 Å². The van der Waals surface area contributed by atoms with Crippen LogP contribution in [0.5, 0.6) is 5.75 Å². The molecule has 0 unspecified atom stereocenters. The highest BCUT2D eigenvalue weighted by Crippen LogP contribution is 2.24. The maximum absolute atomic E-state index is 13.4. The number of hydrogen-bond acceptors (Lipinski definition) is 4. The molecule has 1 amide bonds. The number of para-hydroxylation sites is 1. The molecule has 0 saturated carbocycles. The van der Waals surface area contributed by atoms with E-state index in [9.17, 15) is 9.18 Å². The van der Waals surface area contributed by atoms with E-state index in [2.05, 4.69) is 5.32 Å².